The highest BCUT2D eigenvalue weighted by molar-refractivity contribution is 5.76. The van der Waals surface area contributed by atoms with Crippen LogP contribution in [0.4, 0.5) is 0 Å². The zero-order chi connectivity index (χ0) is 14.4. The highest BCUT2D eigenvalue weighted by Crippen LogP contribution is 2.19. The summed E-state index contributed by atoms with van der Waals surface area (Å²) in [5, 5.41) is 6.37. The second kappa shape index (κ2) is 7.29. The van der Waals surface area contributed by atoms with Crippen molar-refractivity contribution in [3.05, 3.63) is 29.8 Å². The second-order valence-electron chi connectivity index (χ2n) is 5.27. The van der Waals surface area contributed by atoms with Crippen LogP contribution in [0.5, 0.6) is 5.75 Å². The Labute approximate surface area is 120 Å². The van der Waals surface area contributed by atoms with Crippen LogP contribution in [-0.4, -0.2) is 25.1 Å². The van der Waals surface area contributed by atoms with E-state index >= 15 is 0 Å². The number of amides is 1. The third kappa shape index (κ3) is 4.85. The van der Waals surface area contributed by atoms with Crippen molar-refractivity contribution >= 4 is 5.91 Å². The van der Waals surface area contributed by atoms with Crippen LogP contribution in [0.25, 0.3) is 0 Å². The molecule has 1 saturated carbocycles. The molecule has 0 saturated heterocycles. The molecule has 1 atom stereocenters. The monoisotopic (exact) mass is 276 g/mol. The molecule has 1 fully saturated rings. The lowest BCUT2D eigenvalue weighted by atomic mass is 10.1. The van der Waals surface area contributed by atoms with Crippen molar-refractivity contribution in [2.24, 2.45) is 0 Å². The molecular weight excluding hydrogens is 252 g/mol. The number of carbonyl (C=O) groups excluding carboxylic acids is 1. The van der Waals surface area contributed by atoms with Crippen LogP contribution in [0.1, 0.15) is 44.7 Å². The highest BCUT2D eigenvalue weighted by atomic mass is 16.5. The smallest absolute Gasteiger partial charge is 0.221 e. The molecule has 1 aromatic carbocycles. The van der Waals surface area contributed by atoms with Gasteiger partial charge in [-0.1, -0.05) is 12.1 Å². The van der Waals surface area contributed by atoms with Crippen LogP contribution in [0, 0.1) is 0 Å². The molecule has 1 aromatic rings. The molecule has 1 unspecified atom stereocenters. The van der Waals surface area contributed by atoms with Gasteiger partial charge in [0, 0.05) is 19.0 Å². The Balaban J connectivity index is 1.74. The molecule has 20 heavy (non-hydrogen) atoms. The fourth-order valence-corrected chi connectivity index (χ4v) is 2.09. The summed E-state index contributed by atoms with van der Waals surface area (Å²) in [5.41, 5.74) is 1.09. The minimum atomic E-state index is 0.0269. The summed E-state index contributed by atoms with van der Waals surface area (Å²) in [5.74, 6) is 0.961. The van der Waals surface area contributed by atoms with Crippen molar-refractivity contribution in [1.82, 2.24) is 10.6 Å². The van der Waals surface area contributed by atoms with E-state index < -0.39 is 0 Å². The predicted octanol–water partition coefficient (Wildman–Crippen LogP) is 2.40. The van der Waals surface area contributed by atoms with Gasteiger partial charge in [-0.3, -0.25) is 4.79 Å². The van der Waals surface area contributed by atoms with Crippen molar-refractivity contribution in [2.45, 2.75) is 45.2 Å². The maximum atomic E-state index is 11.8. The van der Waals surface area contributed by atoms with Crippen molar-refractivity contribution in [3.8, 4) is 5.75 Å². The normalized spacial score (nSPS) is 15.7. The first kappa shape index (κ1) is 14.9. The van der Waals surface area contributed by atoms with Crippen LogP contribution < -0.4 is 15.4 Å². The third-order valence-corrected chi connectivity index (χ3v) is 3.43. The maximum absolute atomic E-state index is 11.8. The molecule has 4 heteroatoms. The number of ether oxygens (including phenoxy) is 1. The fraction of sp³-hybridized carbons (Fsp3) is 0.562. The second-order valence-corrected chi connectivity index (χ2v) is 5.27. The van der Waals surface area contributed by atoms with Crippen LogP contribution >= 0.6 is 0 Å². The molecule has 4 nitrogen and oxygen atoms in total. The standard InChI is InChI=1S/C16H24N2O2/c1-3-20-15-8-4-13(5-9-15)12(2)18-16(19)10-11-17-14-6-7-14/h4-5,8-9,12,14,17H,3,6-7,10-11H2,1-2H3,(H,18,19). The summed E-state index contributed by atoms with van der Waals surface area (Å²) in [6, 6.07) is 8.56. The molecule has 0 heterocycles. The minimum absolute atomic E-state index is 0.0269. The van der Waals surface area contributed by atoms with Crippen molar-refractivity contribution in [3.63, 3.8) is 0 Å². The summed E-state index contributed by atoms with van der Waals surface area (Å²) in [6.07, 6.45) is 3.05. The van der Waals surface area contributed by atoms with E-state index in [1.807, 2.05) is 38.1 Å². The van der Waals surface area contributed by atoms with E-state index in [1.54, 1.807) is 0 Å². The summed E-state index contributed by atoms with van der Waals surface area (Å²) in [7, 11) is 0. The van der Waals surface area contributed by atoms with Gasteiger partial charge in [0.1, 0.15) is 5.75 Å². The van der Waals surface area contributed by atoms with Gasteiger partial charge in [-0.2, -0.15) is 0 Å². The Hall–Kier alpha value is -1.55. The van der Waals surface area contributed by atoms with E-state index in [0.717, 1.165) is 17.9 Å². The average Bonchev–Trinajstić information content (AvgIpc) is 3.24. The molecular formula is C16H24N2O2. The van der Waals surface area contributed by atoms with Gasteiger partial charge >= 0.3 is 0 Å². The van der Waals surface area contributed by atoms with Crippen LogP contribution in [0.2, 0.25) is 0 Å². The first-order valence-corrected chi connectivity index (χ1v) is 7.44. The number of nitrogens with one attached hydrogen (secondary N) is 2. The zero-order valence-corrected chi connectivity index (χ0v) is 12.3. The number of benzene rings is 1. The first-order valence-electron chi connectivity index (χ1n) is 7.44. The van der Waals surface area contributed by atoms with Gasteiger partial charge in [-0.15, -0.1) is 0 Å². The molecule has 2 rings (SSSR count). The number of hydrogen-bond acceptors (Lipinski definition) is 3. The Kier molecular flexibility index (Phi) is 5.41. The topological polar surface area (TPSA) is 50.4 Å². The SMILES string of the molecule is CCOc1ccc(C(C)NC(=O)CCNC2CC2)cc1. The molecule has 0 aromatic heterocycles. The Morgan fingerprint density at radius 1 is 1.35 bits per heavy atom. The first-order chi connectivity index (χ1) is 9.69. The third-order valence-electron chi connectivity index (χ3n) is 3.43. The van der Waals surface area contributed by atoms with E-state index in [0.29, 0.717) is 19.1 Å². The van der Waals surface area contributed by atoms with Crippen LogP contribution in [0.3, 0.4) is 0 Å². The van der Waals surface area contributed by atoms with Crippen molar-refractivity contribution in [1.29, 1.82) is 0 Å². The lowest BCUT2D eigenvalue weighted by Gasteiger charge is -2.15. The van der Waals surface area contributed by atoms with Gasteiger partial charge in [-0.05, 0) is 44.4 Å². The van der Waals surface area contributed by atoms with E-state index in [4.69, 9.17) is 4.74 Å². The Bertz CT molecular complexity index is 427. The van der Waals surface area contributed by atoms with Gasteiger partial charge < -0.3 is 15.4 Å². The molecule has 1 aliphatic rings. The van der Waals surface area contributed by atoms with Crippen LogP contribution in [-0.2, 0) is 4.79 Å². The summed E-state index contributed by atoms with van der Waals surface area (Å²) < 4.78 is 5.41. The molecule has 0 radical (unpaired) electrons. The highest BCUT2D eigenvalue weighted by Gasteiger charge is 2.20. The van der Waals surface area contributed by atoms with E-state index in [1.165, 1.54) is 12.8 Å². The zero-order valence-electron chi connectivity index (χ0n) is 12.3. The van der Waals surface area contributed by atoms with E-state index in [9.17, 15) is 4.79 Å². The van der Waals surface area contributed by atoms with Crippen molar-refractivity contribution < 1.29 is 9.53 Å². The van der Waals surface area contributed by atoms with Crippen molar-refractivity contribution in [2.75, 3.05) is 13.2 Å². The molecule has 0 spiro atoms. The number of rotatable bonds is 8. The summed E-state index contributed by atoms with van der Waals surface area (Å²) >= 11 is 0. The Morgan fingerprint density at radius 3 is 2.65 bits per heavy atom. The summed E-state index contributed by atoms with van der Waals surface area (Å²) in [6.45, 7) is 5.40. The lowest BCUT2D eigenvalue weighted by Crippen LogP contribution is -2.30. The van der Waals surface area contributed by atoms with Gasteiger partial charge in [0.2, 0.25) is 5.91 Å². The molecule has 1 aliphatic carbocycles. The quantitative estimate of drug-likeness (QED) is 0.766. The lowest BCUT2D eigenvalue weighted by molar-refractivity contribution is -0.121. The van der Waals surface area contributed by atoms with E-state index in [2.05, 4.69) is 10.6 Å². The molecule has 0 aliphatic heterocycles. The predicted molar refractivity (Wildman–Crippen MR) is 79.8 cm³/mol. The molecule has 0 bridgehead atoms. The average molecular weight is 276 g/mol. The van der Waals surface area contributed by atoms with Gasteiger partial charge in [0.05, 0.1) is 12.6 Å². The molecule has 2 N–H and O–H groups in total. The largest absolute Gasteiger partial charge is 0.494 e. The van der Waals surface area contributed by atoms with Gasteiger partial charge in [-0.25, -0.2) is 0 Å². The number of hydrogen-bond donors (Lipinski definition) is 2. The Morgan fingerprint density at radius 2 is 2.05 bits per heavy atom. The van der Waals surface area contributed by atoms with E-state index in [-0.39, 0.29) is 11.9 Å². The van der Waals surface area contributed by atoms with Gasteiger partial charge in [0.15, 0.2) is 0 Å². The molecule has 110 valence electrons. The molecule has 1 amide bonds. The van der Waals surface area contributed by atoms with Crippen LogP contribution in [0.15, 0.2) is 24.3 Å². The number of carbonyl (C=O) groups is 1. The minimum Gasteiger partial charge on any atom is -0.494 e. The summed E-state index contributed by atoms with van der Waals surface area (Å²) in [4.78, 5) is 11.8. The van der Waals surface area contributed by atoms with Gasteiger partial charge in [0.25, 0.3) is 0 Å². The maximum Gasteiger partial charge on any atom is 0.221 e. The fourth-order valence-electron chi connectivity index (χ4n) is 2.09.